The van der Waals surface area contributed by atoms with Crippen LogP contribution in [-0.4, -0.2) is 29.5 Å². The van der Waals surface area contributed by atoms with E-state index in [0.29, 0.717) is 24.0 Å². The van der Waals surface area contributed by atoms with Crippen LogP contribution in [0.3, 0.4) is 0 Å². The minimum Gasteiger partial charge on any atom is -0.370 e. The van der Waals surface area contributed by atoms with Crippen LogP contribution >= 0.6 is 11.6 Å². The second-order valence-corrected chi connectivity index (χ2v) is 4.83. The number of hydrogen-bond acceptors (Lipinski definition) is 4. The number of hydrogen-bond donors (Lipinski definition) is 2. The SMILES string of the molecule is CC(C)Cc1nc(Cl)cc(NCCCNC=O)n1. The fourth-order valence-electron chi connectivity index (χ4n) is 1.48. The van der Waals surface area contributed by atoms with Crippen LogP contribution in [-0.2, 0) is 11.2 Å². The second kappa shape index (κ2) is 7.87. The molecule has 2 N–H and O–H groups in total. The standard InChI is InChI=1S/C12H19ClN4O/c1-9(2)6-12-16-10(13)7-11(17-12)15-5-3-4-14-8-18/h7-9H,3-6H2,1-2H3,(H,14,18)(H,15,16,17). The molecule has 1 aromatic rings. The van der Waals surface area contributed by atoms with E-state index in [1.807, 2.05) is 0 Å². The van der Waals surface area contributed by atoms with Crippen LogP contribution in [0.4, 0.5) is 5.82 Å². The molecule has 0 aliphatic rings. The first-order valence-corrected chi connectivity index (χ1v) is 6.44. The van der Waals surface area contributed by atoms with Crippen molar-refractivity contribution in [3.05, 3.63) is 17.0 Å². The third-order valence-corrected chi connectivity index (χ3v) is 2.41. The van der Waals surface area contributed by atoms with E-state index in [1.165, 1.54) is 0 Å². The van der Waals surface area contributed by atoms with Crippen molar-refractivity contribution in [2.75, 3.05) is 18.4 Å². The average molecular weight is 271 g/mol. The van der Waals surface area contributed by atoms with Gasteiger partial charge in [0.2, 0.25) is 6.41 Å². The van der Waals surface area contributed by atoms with Gasteiger partial charge in [-0.3, -0.25) is 4.79 Å². The average Bonchev–Trinajstić information content (AvgIpc) is 2.27. The summed E-state index contributed by atoms with van der Waals surface area (Å²) in [4.78, 5) is 18.6. The van der Waals surface area contributed by atoms with Crippen LogP contribution in [0.5, 0.6) is 0 Å². The number of aromatic nitrogens is 2. The zero-order valence-electron chi connectivity index (χ0n) is 10.7. The molecule has 0 aliphatic carbocycles. The van der Waals surface area contributed by atoms with Gasteiger partial charge in [-0.15, -0.1) is 0 Å². The van der Waals surface area contributed by atoms with E-state index in [0.717, 1.165) is 31.0 Å². The monoisotopic (exact) mass is 270 g/mol. The molecule has 5 nitrogen and oxygen atoms in total. The normalized spacial score (nSPS) is 10.4. The Morgan fingerprint density at radius 1 is 1.39 bits per heavy atom. The summed E-state index contributed by atoms with van der Waals surface area (Å²) >= 11 is 5.95. The summed E-state index contributed by atoms with van der Waals surface area (Å²) in [5.41, 5.74) is 0. The summed E-state index contributed by atoms with van der Waals surface area (Å²) in [6, 6.07) is 1.71. The molecule has 0 radical (unpaired) electrons. The molecule has 18 heavy (non-hydrogen) atoms. The Kier molecular flexibility index (Phi) is 6.43. The molecule has 0 fully saturated rings. The van der Waals surface area contributed by atoms with Crippen molar-refractivity contribution in [2.24, 2.45) is 5.92 Å². The number of rotatable bonds is 8. The summed E-state index contributed by atoms with van der Waals surface area (Å²) in [5, 5.41) is 6.22. The Morgan fingerprint density at radius 2 is 2.17 bits per heavy atom. The highest BCUT2D eigenvalue weighted by Gasteiger charge is 2.05. The smallest absolute Gasteiger partial charge is 0.207 e. The summed E-state index contributed by atoms with van der Waals surface area (Å²) < 4.78 is 0. The van der Waals surface area contributed by atoms with Crippen molar-refractivity contribution in [2.45, 2.75) is 26.7 Å². The van der Waals surface area contributed by atoms with E-state index < -0.39 is 0 Å². The van der Waals surface area contributed by atoms with E-state index in [1.54, 1.807) is 6.07 Å². The van der Waals surface area contributed by atoms with Crippen molar-refractivity contribution < 1.29 is 4.79 Å². The van der Waals surface area contributed by atoms with Crippen LogP contribution in [0.1, 0.15) is 26.1 Å². The first-order valence-electron chi connectivity index (χ1n) is 6.06. The second-order valence-electron chi connectivity index (χ2n) is 4.44. The van der Waals surface area contributed by atoms with Gasteiger partial charge in [-0.05, 0) is 12.3 Å². The lowest BCUT2D eigenvalue weighted by atomic mass is 10.1. The maximum Gasteiger partial charge on any atom is 0.207 e. The Morgan fingerprint density at radius 3 is 2.83 bits per heavy atom. The summed E-state index contributed by atoms with van der Waals surface area (Å²) in [7, 11) is 0. The molecule has 1 heterocycles. The van der Waals surface area contributed by atoms with E-state index in [4.69, 9.17) is 11.6 Å². The molecule has 0 aromatic carbocycles. The van der Waals surface area contributed by atoms with Crippen LogP contribution in [0.2, 0.25) is 5.15 Å². The molecule has 6 heteroatoms. The molecular formula is C12H19ClN4O. The third kappa shape index (κ3) is 5.82. The lowest BCUT2D eigenvalue weighted by Gasteiger charge is -2.09. The van der Waals surface area contributed by atoms with Gasteiger partial charge in [-0.1, -0.05) is 25.4 Å². The van der Waals surface area contributed by atoms with Gasteiger partial charge in [0.25, 0.3) is 0 Å². The number of carbonyl (C=O) groups excluding carboxylic acids is 1. The first kappa shape index (κ1) is 14.7. The zero-order valence-corrected chi connectivity index (χ0v) is 11.5. The number of nitrogens with zero attached hydrogens (tertiary/aromatic N) is 2. The lowest BCUT2D eigenvalue weighted by Crippen LogP contribution is -2.16. The van der Waals surface area contributed by atoms with Crippen LogP contribution in [0.15, 0.2) is 6.07 Å². The quantitative estimate of drug-likeness (QED) is 0.430. The van der Waals surface area contributed by atoms with Gasteiger partial charge in [0.15, 0.2) is 0 Å². The molecule has 1 amide bonds. The largest absolute Gasteiger partial charge is 0.370 e. The summed E-state index contributed by atoms with van der Waals surface area (Å²) in [6.07, 6.45) is 2.34. The van der Waals surface area contributed by atoms with E-state index in [9.17, 15) is 4.79 Å². The Bertz CT molecular complexity index is 384. The van der Waals surface area contributed by atoms with Gasteiger partial charge in [0.05, 0.1) is 0 Å². The van der Waals surface area contributed by atoms with Crippen molar-refractivity contribution in [3.8, 4) is 0 Å². The molecule has 0 atom stereocenters. The molecule has 0 spiro atoms. The number of carbonyl (C=O) groups is 1. The third-order valence-electron chi connectivity index (χ3n) is 2.22. The lowest BCUT2D eigenvalue weighted by molar-refractivity contribution is -0.109. The van der Waals surface area contributed by atoms with Crippen LogP contribution < -0.4 is 10.6 Å². The van der Waals surface area contributed by atoms with Gasteiger partial charge in [-0.25, -0.2) is 9.97 Å². The summed E-state index contributed by atoms with van der Waals surface area (Å²) in [5.74, 6) is 1.98. The Balaban J connectivity index is 2.49. The molecule has 1 rings (SSSR count). The van der Waals surface area contributed by atoms with Gasteiger partial charge < -0.3 is 10.6 Å². The van der Waals surface area contributed by atoms with E-state index in [-0.39, 0.29) is 0 Å². The molecule has 0 bridgehead atoms. The zero-order chi connectivity index (χ0) is 13.4. The van der Waals surface area contributed by atoms with E-state index >= 15 is 0 Å². The Labute approximate surface area is 112 Å². The number of nitrogens with one attached hydrogen (secondary N) is 2. The molecule has 1 aromatic heterocycles. The predicted octanol–water partition coefficient (Wildman–Crippen LogP) is 1.88. The topological polar surface area (TPSA) is 66.9 Å². The van der Waals surface area contributed by atoms with E-state index in [2.05, 4.69) is 34.4 Å². The molecule has 0 aliphatic heterocycles. The van der Waals surface area contributed by atoms with Crippen molar-refractivity contribution in [1.29, 1.82) is 0 Å². The Hall–Kier alpha value is -1.36. The summed E-state index contributed by atoms with van der Waals surface area (Å²) in [6.45, 7) is 5.61. The molecule has 0 saturated carbocycles. The highest BCUT2D eigenvalue weighted by Crippen LogP contribution is 2.13. The van der Waals surface area contributed by atoms with Gasteiger partial charge >= 0.3 is 0 Å². The van der Waals surface area contributed by atoms with Crippen LogP contribution in [0.25, 0.3) is 0 Å². The van der Waals surface area contributed by atoms with Gasteiger partial charge in [-0.2, -0.15) is 0 Å². The van der Waals surface area contributed by atoms with Crippen molar-refractivity contribution >= 4 is 23.8 Å². The maximum absolute atomic E-state index is 10.1. The van der Waals surface area contributed by atoms with Gasteiger partial charge in [0, 0.05) is 25.6 Å². The molecular weight excluding hydrogens is 252 g/mol. The number of anilines is 1. The highest BCUT2D eigenvalue weighted by molar-refractivity contribution is 6.29. The maximum atomic E-state index is 10.1. The fraction of sp³-hybridized carbons (Fsp3) is 0.583. The molecule has 100 valence electrons. The minimum atomic E-state index is 0.453. The van der Waals surface area contributed by atoms with Gasteiger partial charge in [0.1, 0.15) is 16.8 Å². The minimum absolute atomic E-state index is 0.453. The fourth-order valence-corrected chi connectivity index (χ4v) is 1.68. The van der Waals surface area contributed by atoms with Crippen LogP contribution in [0, 0.1) is 5.92 Å². The first-order chi connectivity index (χ1) is 8.61. The number of halogens is 1. The number of amides is 1. The molecule has 0 unspecified atom stereocenters. The predicted molar refractivity (Wildman–Crippen MR) is 72.8 cm³/mol. The highest BCUT2D eigenvalue weighted by atomic mass is 35.5. The van der Waals surface area contributed by atoms with Crippen molar-refractivity contribution in [1.82, 2.24) is 15.3 Å². The van der Waals surface area contributed by atoms with Crippen molar-refractivity contribution in [3.63, 3.8) is 0 Å². The molecule has 0 saturated heterocycles.